The lowest BCUT2D eigenvalue weighted by molar-refractivity contribution is -0.273. The molecule has 0 aromatic heterocycles. The maximum Gasteiger partial charge on any atom is 0.171 e. The van der Waals surface area contributed by atoms with Gasteiger partial charge in [-0.2, -0.15) is 0 Å². The molecule has 4 saturated carbocycles. The van der Waals surface area contributed by atoms with Gasteiger partial charge in [0.25, 0.3) is 0 Å². The van der Waals surface area contributed by atoms with Crippen molar-refractivity contribution in [2.45, 2.75) is 110 Å². The van der Waals surface area contributed by atoms with E-state index in [1.54, 1.807) is 0 Å². The van der Waals surface area contributed by atoms with Crippen LogP contribution in [0.1, 0.15) is 85.5 Å². The van der Waals surface area contributed by atoms with Gasteiger partial charge in [0, 0.05) is 12.3 Å². The van der Waals surface area contributed by atoms with Crippen LogP contribution in [0.15, 0.2) is 0 Å². The molecule has 0 amide bonds. The first-order valence-electron chi connectivity index (χ1n) is 13.4. The van der Waals surface area contributed by atoms with Crippen molar-refractivity contribution < 1.29 is 19.7 Å². The summed E-state index contributed by atoms with van der Waals surface area (Å²) in [5, 5.41) is 20.9. The van der Waals surface area contributed by atoms with Crippen LogP contribution in [0.2, 0.25) is 0 Å². The van der Waals surface area contributed by atoms with Crippen molar-refractivity contribution >= 4 is 0 Å². The molecule has 1 spiro atoms. The molecule has 6 aliphatic rings. The van der Waals surface area contributed by atoms with E-state index in [0.717, 1.165) is 37.7 Å². The van der Waals surface area contributed by atoms with E-state index in [4.69, 9.17) is 9.47 Å². The lowest BCUT2D eigenvalue weighted by atomic mass is 9.44. The van der Waals surface area contributed by atoms with E-state index in [2.05, 4.69) is 27.7 Å². The highest BCUT2D eigenvalue weighted by Crippen LogP contribution is 2.71. The van der Waals surface area contributed by atoms with Gasteiger partial charge in [-0.1, -0.05) is 27.7 Å². The van der Waals surface area contributed by atoms with Gasteiger partial charge in [-0.25, -0.2) is 0 Å². The Bertz CT molecular complexity index is 716. The van der Waals surface area contributed by atoms with E-state index in [-0.39, 0.29) is 11.2 Å². The van der Waals surface area contributed by atoms with Crippen molar-refractivity contribution in [1.29, 1.82) is 0 Å². The van der Waals surface area contributed by atoms with Gasteiger partial charge in [0.05, 0.1) is 24.9 Å². The monoisotopic (exact) mass is 432 g/mol. The van der Waals surface area contributed by atoms with E-state index < -0.39 is 12.2 Å². The summed E-state index contributed by atoms with van der Waals surface area (Å²) in [6.45, 7) is 10.6. The summed E-state index contributed by atoms with van der Waals surface area (Å²) < 4.78 is 13.3. The maximum absolute atomic E-state index is 10.6. The quantitative estimate of drug-likeness (QED) is 0.579. The SMILES string of the molecule is C[C@H]1CC[C@@]2(OC1)O[C@@H]1C[C@@H]3[C@@H]4CC[C@H]5C[C@@H](O)[C@H](O)C[C@]5(C)[C@H]4CC[C@]3(C)[C@@H]1[C@@H]2C. The molecule has 4 nitrogen and oxygen atoms in total. The first-order valence-corrected chi connectivity index (χ1v) is 13.4. The third-order valence-electron chi connectivity index (χ3n) is 12.0. The zero-order valence-corrected chi connectivity index (χ0v) is 20.1. The van der Waals surface area contributed by atoms with Gasteiger partial charge in [-0.05, 0) is 97.7 Å². The molecule has 6 rings (SSSR count). The third kappa shape index (κ3) is 2.80. The number of hydrogen-bond acceptors (Lipinski definition) is 4. The molecule has 176 valence electrons. The zero-order chi connectivity index (χ0) is 21.8. The Morgan fingerprint density at radius 3 is 2.39 bits per heavy atom. The molecule has 4 heteroatoms. The average molecular weight is 433 g/mol. The van der Waals surface area contributed by atoms with Gasteiger partial charge in [0.1, 0.15) is 0 Å². The Hall–Kier alpha value is -0.160. The van der Waals surface area contributed by atoms with Gasteiger partial charge in [0.2, 0.25) is 0 Å². The summed E-state index contributed by atoms with van der Waals surface area (Å²) in [4.78, 5) is 0. The molecule has 0 bridgehead atoms. The number of fused-ring (bicyclic) bond motifs is 7. The first-order chi connectivity index (χ1) is 14.7. The summed E-state index contributed by atoms with van der Waals surface area (Å²) in [6.07, 6.45) is 9.51. The van der Waals surface area contributed by atoms with E-state index in [0.29, 0.717) is 41.1 Å². The van der Waals surface area contributed by atoms with E-state index in [1.165, 1.54) is 38.5 Å². The van der Waals surface area contributed by atoms with Crippen LogP contribution in [0, 0.1) is 52.3 Å². The minimum atomic E-state index is -0.537. The van der Waals surface area contributed by atoms with Crippen molar-refractivity contribution in [1.82, 2.24) is 0 Å². The highest BCUT2D eigenvalue weighted by atomic mass is 16.7. The summed E-state index contributed by atoms with van der Waals surface area (Å²) in [5.41, 5.74) is 0.550. The number of aliphatic hydroxyl groups excluding tert-OH is 2. The molecule has 4 aliphatic carbocycles. The Labute approximate surface area is 188 Å². The van der Waals surface area contributed by atoms with Crippen LogP contribution >= 0.6 is 0 Å². The van der Waals surface area contributed by atoms with Crippen LogP contribution in [0.5, 0.6) is 0 Å². The number of rotatable bonds is 0. The minimum Gasteiger partial charge on any atom is -0.390 e. The Balaban J connectivity index is 1.26. The van der Waals surface area contributed by atoms with Gasteiger partial charge < -0.3 is 19.7 Å². The maximum atomic E-state index is 10.6. The predicted molar refractivity (Wildman–Crippen MR) is 119 cm³/mol. The normalized spacial score (nSPS) is 63.3. The lowest BCUT2D eigenvalue weighted by Crippen LogP contribution is -2.57. The Kier molecular flexibility index (Phi) is 4.78. The molecule has 0 radical (unpaired) electrons. The second kappa shape index (κ2) is 6.93. The Morgan fingerprint density at radius 1 is 0.839 bits per heavy atom. The van der Waals surface area contributed by atoms with Crippen molar-refractivity contribution in [2.75, 3.05) is 6.61 Å². The first kappa shape index (κ1) is 21.4. The highest BCUT2D eigenvalue weighted by Gasteiger charge is 2.69. The van der Waals surface area contributed by atoms with Gasteiger partial charge in [0.15, 0.2) is 5.79 Å². The number of ether oxygens (including phenoxy) is 2. The Morgan fingerprint density at radius 2 is 1.65 bits per heavy atom. The van der Waals surface area contributed by atoms with E-state index in [1.807, 2.05) is 0 Å². The van der Waals surface area contributed by atoms with Crippen molar-refractivity contribution in [3.05, 3.63) is 0 Å². The fraction of sp³-hybridized carbons (Fsp3) is 1.00. The topological polar surface area (TPSA) is 58.9 Å². The van der Waals surface area contributed by atoms with Gasteiger partial charge in [-0.3, -0.25) is 0 Å². The predicted octanol–water partition coefficient (Wildman–Crippen LogP) is 4.76. The van der Waals surface area contributed by atoms with Crippen LogP contribution in [0.25, 0.3) is 0 Å². The molecule has 13 atom stereocenters. The summed E-state index contributed by atoms with van der Waals surface area (Å²) in [5.74, 6) is 4.21. The highest BCUT2D eigenvalue weighted by molar-refractivity contribution is 5.15. The standard InChI is InChI=1S/C27H44O4/c1-15-7-10-27(30-14-15)16(2)24-23(31-27)12-20-18-6-5-17-11-21(28)22(29)13-26(17,4)19(18)8-9-25(20,24)3/h15-24,28-29H,5-14H2,1-4H3/t15-,16-,17-,18+,19-,20+,21+,22+,23+,24+,25-,26-,27+/m0/s1. The number of hydrogen-bond donors (Lipinski definition) is 2. The van der Waals surface area contributed by atoms with Crippen molar-refractivity contribution in [2.24, 2.45) is 52.3 Å². The fourth-order valence-electron chi connectivity index (χ4n) is 10.3. The van der Waals surface area contributed by atoms with Crippen LogP contribution < -0.4 is 0 Å². The largest absolute Gasteiger partial charge is 0.390 e. The molecule has 2 N–H and O–H groups in total. The molecule has 0 unspecified atom stereocenters. The minimum absolute atomic E-state index is 0.191. The molecule has 2 heterocycles. The molecule has 6 fully saturated rings. The molecule has 31 heavy (non-hydrogen) atoms. The second-order valence-electron chi connectivity index (χ2n) is 13.2. The molecule has 2 saturated heterocycles. The lowest BCUT2D eigenvalue weighted by Gasteiger charge is -2.61. The molecule has 0 aromatic rings. The smallest absolute Gasteiger partial charge is 0.171 e. The summed E-state index contributed by atoms with van der Waals surface area (Å²) in [6, 6.07) is 0. The third-order valence-corrected chi connectivity index (χ3v) is 12.0. The molecular weight excluding hydrogens is 388 g/mol. The van der Waals surface area contributed by atoms with Crippen molar-refractivity contribution in [3.8, 4) is 0 Å². The van der Waals surface area contributed by atoms with E-state index >= 15 is 0 Å². The van der Waals surface area contributed by atoms with Crippen LogP contribution in [-0.4, -0.2) is 40.9 Å². The average Bonchev–Trinajstić information content (AvgIpc) is 3.16. The molecule has 0 aromatic carbocycles. The van der Waals surface area contributed by atoms with E-state index in [9.17, 15) is 10.2 Å². The van der Waals surface area contributed by atoms with Crippen LogP contribution in [-0.2, 0) is 9.47 Å². The van der Waals surface area contributed by atoms with Crippen LogP contribution in [0.4, 0.5) is 0 Å². The molecular formula is C27H44O4. The van der Waals surface area contributed by atoms with Crippen molar-refractivity contribution in [3.63, 3.8) is 0 Å². The zero-order valence-electron chi connectivity index (χ0n) is 20.1. The second-order valence-corrected chi connectivity index (χ2v) is 13.2. The fourth-order valence-corrected chi connectivity index (χ4v) is 10.3. The summed E-state index contributed by atoms with van der Waals surface area (Å²) >= 11 is 0. The van der Waals surface area contributed by atoms with Crippen LogP contribution in [0.3, 0.4) is 0 Å². The summed E-state index contributed by atoms with van der Waals surface area (Å²) in [7, 11) is 0. The van der Waals surface area contributed by atoms with Gasteiger partial charge >= 0.3 is 0 Å². The van der Waals surface area contributed by atoms with Gasteiger partial charge in [-0.15, -0.1) is 0 Å². The number of aliphatic hydroxyl groups is 2. The molecule has 2 aliphatic heterocycles.